The average molecular weight is 663 g/mol. The molecule has 246 valence electrons. The Balaban J connectivity index is 1.47. The van der Waals surface area contributed by atoms with Crippen LogP contribution in [-0.2, 0) is 0 Å². The highest BCUT2D eigenvalue weighted by atomic mass is 14.2. The van der Waals surface area contributed by atoms with Gasteiger partial charge >= 0.3 is 0 Å². The molecule has 9 aromatic carbocycles. The smallest absolute Gasteiger partial charge is 0.00199 e. The highest BCUT2D eigenvalue weighted by Gasteiger charge is 2.22. The summed E-state index contributed by atoms with van der Waals surface area (Å²) >= 11 is 0. The van der Waals surface area contributed by atoms with Crippen molar-refractivity contribution in [2.75, 3.05) is 0 Å². The zero-order valence-corrected chi connectivity index (χ0v) is 29.5. The molecule has 0 aromatic heterocycles. The van der Waals surface area contributed by atoms with E-state index >= 15 is 0 Å². The fourth-order valence-corrected chi connectivity index (χ4v) is 8.08. The third-order valence-corrected chi connectivity index (χ3v) is 10.6. The molecule has 0 aliphatic rings. The maximum absolute atomic E-state index is 2.44. The van der Waals surface area contributed by atoms with Crippen molar-refractivity contribution < 1.29 is 0 Å². The molecule has 0 amide bonds. The van der Waals surface area contributed by atoms with Crippen LogP contribution in [0.5, 0.6) is 0 Å². The van der Waals surface area contributed by atoms with E-state index in [0.717, 1.165) is 0 Å². The maximum atomic E-state index is 2.44. The van der Waals surface area contributed by atoms with E-state index in [9.17, 15) is 0 Å². The molecule has 52 heavy (non-hydrogen) atoms. The number of hydrogen-bond acceptors (Lipinski definition) is 0. The molecule has 0 fully saturated rings. The van der Waals surface area contributed by atoms with Gasteiger partial charge < -0.3 is 0 Å². The summed E-state index contributed by atoms with van der Waals surface area (Å²) in [6.07, 6.45) is 0. The van der Waals surface area contributed by atoms with Crippen LogP contribution in [0.1, 0.15) is 11.1 Å². The van der Waals surface area contributed by atoms with E-state index in [1.54, 1.807) is 0 Å². The van der Waals surface area contributed by atoms with Crippen LogP contribution in [0, 0.1) is 13.8 Å². The Labute approximate surface area is 306 Å². The second kappa shape index (κ2) is 13.3. The minimum absolute atomic E-state index is 1.21. The molecule has 0 spiro atoms. The van der Waals surface area contributed by atoms with Crippen molar-refractivity contribution in [3.8, 4) is 66.8 Å². The molecular formula is C52H38. The topological polar surface area (TPSA) is 0 Å². The number of rotatable bonds is 6. The normalized spacial score (nSPS) is 11.3. The third kappa shape index (κ3) is 5.50. The second-order valence-corrected chi connectivity index (χ2v) is 13.7. The van der Waals surface area contributed by atoms with E-state index in [1.165, 1.54) is 99.4 Å². The van der Waals surface area contributed by atoms with E-state index < -0.39 is 0 Å². The average Bonchev–Trinajstić information content (AvgIpc) is 3.20. The van der Waals surface area contributed by atoms with Gasteiger partial charge in [-0.1, -0.05) is 182 Å². The fraction of sp³-hybridized carbons (Fsp3) is 0.0385. The van der Waals surface area contributed by atoms with Crippen molar-refractivity contribution in [3.63, 3.8) is 0 Å². The Bertz CT molecular complexity index is 2540. The van der Waals surface area contributed by atoms with E-state index in [0.29, 0.717) is 0 Å². The van der Waals surface area contributed by atoms with Crippen LogP contribution in [-0.4, -0.2) is 0 Å². The van der Waals surface area contributed by atoms with Gasteiger partial charge in [-0.2, -0.15) is 0 Å². The van der Waals surface area contributed by atoms with Gasteiger partial charge in [-0.25, -0.2) is 0 Å². The van der Waals surface area contributed by atoms with Crippen molar-refractivity contribution in [2.24, 2.45) is 0 Å². The van der Waals surface area contributed by atoms with Crippen LogP contribution in [0.2, 0.25) is 0 Å². The minimum Gasteiger partial charge on any atom is -0.0622 e. The van der Waals surface area contributed by atoms with Crippen LogP contribution in [0.25, 0.3) is 88.3 Å². The van der Waals surface area contributed by atoms with Crippen molar-refractivity contribution in [2.45, 2.75) is 13.8 Å². The zero-order valence-electron chi connectivity index (χ0n) is 29.5. The summed E-state index contributed by atoms with van der Waals surface area (Å²) in [4.78, 5) is 0. The summed E-state index contributed by atoms with van der Waals surface area (Å²) in [6.45, 7) is 4.42. The maximum Gasteiger partial charge on any atom is -0.00199 e. The molecule has 0 heteroatoms. The quantitative estimate of drug-likeness (QED) is 0.155. The molecule has 9 rings (SSSR count). The van der Waals surface area contributed by atoms with Gasteiger partial charge in [0.05, 0.1) is 0 Å². The predicted octanol–water partition coefficient (Wildman–Crippen LogP) is 14.6. The van der Waals surface area contributed by atoms with E-state index in [4.69, 9.17) is 0 Å². The van der Waals surface area contributed by atoms with E-state index in [-0.39, 0.29) is 0 Å². The van der Waals surface area contributed by atoms with Crippen LogP contribution in [0.3, 0.4) is 0 Å². The molecule has 0 atom stereocenters. The van der Waals surface area contributed by atoms with Gasteiger partial charge in [-0.3, -0.25) is 0 Å². The Morgan fingerprint density at radius 2 is 0.558 bits per heavy atom. The monoisotopic (exact) mass is 662 g/mol. The molecular weight excluding hydrogens is 625 g/mol. The Morgan fingerprint density at radius 1 is 0.231 bits per heavy atom. The summed E-state index contributed by atoms with van der Waals surface area (Å²) in [5.41, 5.74) is 17.4. The highest BCUT2D eigenvalue weighted by molar-refractivity contribution is 6.24. The van der Waals surface area contributed by atoms with Crippen molar-refractivity contribution in [1.82, 2.24) is 0 Å². The summed E-state index contributed by atoms with van der Waals surface area (Å²) in [7, 11) is 0. The van der Waals surface area contributed by atoms with Crippen LogP contribution in [0.4, 0.5) is 0 Å². The Hall–Kier alpha value is -6.50. The van der Waals surface area contributed by atoms with Gasteiger partial charge in [0.25, 0.3) is 0 Å². The van der Waals surface area contributed by atoms with Crippen LogP contribution < -0.4 is 0 Å². The molecule has 0 unspecified atom stereocenters. The van der Waals surface area contributed by atoms with Gasteiger partial charge in [0.2, 0.25) is 0 Å². The largest absolute Gasteiger partial charge is 0.0622 e. The first-order chi connectivity index (χ1) is 25.7. The first-order valence-electron chi connectivity index (χ1n) is 18.1. The lowest BCUT2D eigenvalue weighted by Crippen LogP contribution is -1.95. The van der Waals surface area contributed by atoms with E-state index in [2.05, 4.69) is 208 Å². The zero-order chi connectivity index (χ0) is 35.0. The van der Waals surface area contributed by atoms with Gasteiger partial charge in [-0.15, -0.1) is 0 Å². The standard InChI is InChI=1S/C52H38/c1-35-17-9-11-23-41(35)39-29-31-47-49(33-39)51(45-27-15-13-25-43(45)37-19-5-3-6-20-37)48-32-30-40(42-24-12-10-18-36(42)2)34-50(48)52(47)46-28-16-14-26-44(46)38-21-7-4-8-22-38/h3-34H,1-2H3. The number of benzene rings is 9. The van der Waals surface area contributed by atoms with Crippen LogP contribution in [0.15, 0.2) is 194 Å². The summed E-state index contributed by atoms with van der Waals surface area (Å²) in [5, 5.41) is 4.98. The SMILES string of the molecule is Cc1ccccc1-c1ccc2c(-c3ccccc3-c3ccccc3)c3cc(-c4ccccc4C)ccc3c(-c3ccccc3-c3ccccc3)c2c1. The van der Waals surface area contributed by atoms with Crippen molar-refractivity contribution in [3.05, 3.63) is 205 Å². The number of hydrogen-bond donors (Lipinski definition) is 0. The minimum atomic E-state index is 1.21. The van der Waals surface area contributed by atoms with E-state index in [1.807, 2.05) is 0 Å². The third-order valence-electron chi connectivity index (χ3n) is 10.6. The fourth-order valence-electron chi connectivity index (χ4n) is 8.08. The van der Waals surface area contributed by atoms with Crippen LogP contribution >= 0.6 is 0 Å². The lowest BCUT2D eigenvalue weighted by atomic mass is 9.80. The molecule has 0 saturated carbocycles. The molecule has 0 aliphatic heterocycles. The van der Waals surface area contributed by atoms with Gasteiger partial charge in [0.1, 0.15) is 0 Å². The Kier molecular flexibility index (Phi) is 8.07. The predicted molar refractivity (Wildman–Crippen MR) is 224 cm³/mol. The molecule has 0 saturated heterocycles. The lowest BCUT2D eigenvalue weighted by molar-refractivity contribution is 1.46. The van der Waals surface area contributed by atoms with Gasteiger partial charge in [0.15, 0.2) is 0 Å². The summed E-state index contributed by atoms with van der Waals surface area (Å²) in [6, 6.07) is 71.2. The lowest BCUT2D eigenvalue weighted by Gasteiger charge is -2.22. The van der Waals surface area contributed by atoms with Crippen molar-refractivity contribution in [1.29, 1.82) is 0 Å². The molecule has 0 aliphatic carbocycles. The first kappa shape index (κ1) is 31.5. The summed E-state index contributed by atoms with van der Waals surface area (Å²) in [5.74, 6) is 0. The number of fused-ring (bicyclic) bond motifs is 2. The second-order valence-electron chi connectivity index (χ2n) is 13.7. The Morgan fingerprint density at radius 3 is 0.942 bits per heavy atom. The number of aryl methyl sites for hydroxylation is 2. The summed E-state index contributed by atoms with van der Waals surface area (Å²) < 4.78 is 0. The first-order valence-corrected chi connectivity index (χ1v) is 18.1. The van der Waals surface area contributed by atoms with Gasteiger partial charge in [-0.05, 0) is 125 Å². The van der Waals surface area contributed by atoms with Crippen molar-refractivity contribution >= 4 is 21.5 Å². The molecule has 0 bridgehead atoms. The molecule has 0 radical (unpaired) electrons. The highest BCUT2D eigenvalue weighted by Crippen LogP contribution is 2.49. The molecule has 9 aromatic rings. The van der Waals surface area contributed by atoms with Gasteiger partial charge in [0, 0.05) is 0 Å². The molecule has 0 heterocycles. The molecule has 0 N–H and O–H groups in total. The molecule has 0 nitrogen and oxygen atoms in total.